The van der Waals surface area contributed by atoms with E-state index >= 15 is 0 Å². The van der Waals surface area contributed by atoms with Gasteiger partial charge in [-0.25, -0.2) is 0 Å². The molecule has 0 spiro atoms. The summed E-state index contributed by atoms with van der Waals surface area (Å²) in [5.74, 6) is 0.771. The van der Waals surface area contributed by atoms with Crippen LogP contribution in [0.4, 0.5) is 13.2 Å². The third-order valence-corrected chi connectivity index (χ3v) is 2.97. The van der Waals surface area contributed by atoms with Crippen LogP contribution in [0.5, 0.6) is 0 Å². The van der Waals surface area contributed by atoms with Gasteiger partial charge in [0.2, 0.25) is 0 Å². The van der Waals surface area contributed by atoms with Gasteiger partial charge in [0.05, 0.1) is 0 Å². The molecule has 0 bridgehead atoms. The van der Waals surface area contributed by atoms with E-state index in [1.165, 1.54) is 25.7 Å². The maximum absolute atomic E-state index is 11.8. The van der Waals surface area contributed by atoms with E-state index in [9.17, 15) is 13.2 Å². The highest BCUT2D eigenvalue weighted by molar-refractivity contribution is 4.69. The third kappa shape index (κ3) is 6.77. The number of hydrogen-bond acceptors (Lipinski definition) is 1. The second kappa shape index (κ2) is 6.36. The minimum atomic E-state index is -3.98. The molecule has 1 fully saturated rings. The Hall–Kier alpha value is -0.250. The van der Waals surface area contributed by atoms with E-state index in [0.29, 0.717) is 6.42 Å². The summed E-state index contributed by atoms with van der Waals surface area (Å²) in [6.07, 6.45) is 1.48. The van der Waals surface area contributed by atoms with E-state index in [4.69, 9.17) is 0 Å². The molecule has 1 aliphatic rings. The third-order valence-electron chi connectivity index (χ3n) is 2.97. The van der Waals surface area contributed by atoms with E-state index in [-0.39, 0.29) is 6.42 Å². The summed E-state index contributed by atoms with van der Waals surface area (Å²) in [5.41, 5.74) is 0. The van der Waals surface area contributed by atoms with Crippen molar-refractivity contribution >= 4 is 0 Å². The van der Waals surface area contributed by atoms with Gasteiger partial charge in [-0.2, -0.15) is 13.2 Å². The summed E-state index contributed by atoms with van der Waals surface area (Å²) in [4.78, 5) is 0. The molecule has 1 rings (SSSR count). The van der Waals surface area contributed by atoms with Gasteiger partial charge in [-0.15, -0.1) is 0 Å². The number of alkyl halides is 3. The summed E-state index contributed by atoms with van der Waals surface area (Å²) >= 11 is 0. The highest BCUT2D eigenvalue weighted by atomic mass is 19.4. The van der Waals surface area contributed by atoms with Crippen LogP contribution in [0.3, 0.4) is 0 Å². The van der Waals surface area contributed by atoms with E-state index in [0.717, 1.165) is 19.0 Å². The first-order chi connectivity index (χ1) is 7.08. The minimum Gasteiger partial charge on any atom is -0.316 e. The zero-order valence-electron chi connectivity index (χ0n) is 9.08. The summed E-state index contributed by atoms with van der Waals surface area (Å²) in [7, 11) is 0. The average molecular weight is 223 g/mol. The molecule has 90 valence electrons. The normalized spacial score (nSPS) is 18.6. The first-order valence-corrected chi connectivity index (χ1v) is 5.85. The van der Waals surface area contributed by atoms with Gasteiger partial charge in [0.25, 0.3) is 0 Å². The van der Waals surface area contributed by atoms with Crippen LogP contribution in [0.15, 0.2) is 0 Å². The smallest absolute Gasteiger partial charge is 0.316 e. The predicted octanol–water partition coefficient (Wildman–Crippen LogP) is 3.50. The van der Waals surface area contributed by atoms with Crippen molar-refractivity contribution in [3.63, 3.8) is 0 Å². The lowest BCUT2D eigenvalue weighted by Crippen LogP contribution is -2.22. The van der Waals surface area contributed by atoms with Gasteiger partial charge in [0.1, 0.15) is 0 Å². The van der Waals surface area contributed by atoms with Crippen molar-refractivity contribution in [1.29, 1.82) is 0 Å². The highest BCUT2D eigenvalue weighted by Gasteiger charge is 2.25. The number of unbranched alkanes of at least 4 members (excludes halogenated alkanes) is 1. The summed E-state index contributed by atoms with van der Waals surface area (Å²) in [5, 5.41) is 3.25. The molecule has 4 heteroatoms. The van der Waals surface area contributed by atoms with Crippen LogP contribution in [0.1, 0.15) is 44.9 Å². The second-order valence-corrected chi connectivity index (χ2v) is 4.43. The molecule has 0 aromatic carbocycles. The van der Waals surface area contributed by atoms with Gasteiger partial charge in [0.15, 0.2) is 0 Å². The number of nitrogens with one attached hydrogen (secondary N) is 1. The SMILES string of the molecule is FC(F)(F)CCCCNCC1CCCC1. The Balaban J connectivity index is 1.84. The van der Waals surface area contributed by atoms with Crippen LogP contribution in [0.2, 0.25) is 0 Å². The molecule has 0 radical (unpaired) electrons. The lowest BCUT2D eigenvalue weighted by molar-refractivity contribution is -0.135. The topological polar surface area (TPSA) is 12.0 Å². The average Bonchev–Trinajstić information content (AvgIpc) is 2.61. The second-order valence-electron chi connectivity index (χ2n) is 4.43. The van der Waals surface area contributed by atoms with E-state index in [2.05, 4.69) is 5.32 Å². The molecule has 0 aromatic heterocycles. The first kappa shape index (κ1) is 12.8. The largest absolute Gasteiger partial charge is 0.389 e. The Bertz CT molecular complexity index is 162. The fourth-order valence-corrected chi connectivity index (χ4v) is 2.10. The van der Waals surface area contributed by atoms with Crippen LogP contribution in [-0.2, 0) is 0 Å². The zero-order valence-corrected chi connectivity index (χ0v) is 9.08. The van der Waals surface area contributed by atoms with Gasteiger partial charge in [-0.1, -0.05) is 12.8 Å². The Morgan fingerprint density at radius 2 is 1.73 bits per heavy atom. The molecular weight excluding hydrogens is 203 g/mol. The molecule has 0 amide bonds. The zero-order chi connectivity index (χ0) is 11.1. The van der Waals surface area contributed by atoms with Crippen molar-refractivity contribution in [3.05, 3.63) is 0 Å². The van der Waals surface area contributed by atoms with E-state index < -0.39 is 12.6 Å². The van der Waals surface area contributed by atoms with Crippen LogP contribution in [0, 0.1) is 5.92 Å². The molecule has 1 N–H and O–H groups in total. The molecule has 1 saturated carbocycles. The Morgan fingerprint density at radius 1 is 1.07 bits per heavy atom. The van der Waals surface area contributed by atoms with Crippen molar-refractivity contribution in [1.82, 2.24) is 5.32 Å². The number of rotatable bonds is 6. The molecular formula is C11H20F3N. The summed E-state index contributed by atoms with van der Waals surface area (Å²) < 4.78 is 35.4. The van der Waals surface area contributed by atoms with Crippen LogP contribution in [-0.4, -0.2) is 19.3 Å². The quantitative estimate of drug-likeness (QED) is 0.679. The maximum Gasteiger partial charge on any atom is 0.389 e. The van der Waals surface area contributed by atoms with Crippen molar-refractivity contribution in [2.75, 3.05) is 13.1 Å². The lowest BCUT2D eigenvalue weighted by atomic mass is 10.1. The van der Waals surface area contributed by atoms with Gasteiger partial charge in [-0.05, 0) is 44.7 Å². The molecule has 0 unspecified atom stereocenters. The fourth-order valence-electron chi connectivity index (χ4n) is 2.10. The van der Waals surface area contributed by atoms with E-state index in [1.54, 1.807) is 0 Å². The van der Waals surface area contributed by atoms with Crippen molar-refractivity contribution in [3.8, 4) is 0 Å². The monoisotopic (exact) mass is 223 g/mol. The molecule has 0 heterocycles. The molecule has 0 atom stereocenters. The van der Waals surface area contributed by atoms with Crippen LogP contribution in [0.25, 0.3) is 0 Å². The minimum absolute atomic E-state index is 0.251. The van der Waals surface area contributed by atoms with Gasteiger partial charge < -0.3 is 5.32 Å². The van der Waals surface area contributed by atoms with Gasteiger partial charge in [0, 0.05) is 6.42 Å². The van der Waals surface area contributed by atoms with Crippen molar-refractivity contribution in [2.24, 2.45) is 5.92 Å². The molecule has 1 nitrogen and oxygen atoms in total. The Morgan fingerprint density at radius 3 is 2.33 bits per heavy atom. The number of hydrogen-bond donors (Lipinski definition) is 1. The van der Waals surface area contributed by atoms with Crippen molar-refractivity contribution in [2.45, 2.75) is 51.1 Å². The molecule has 15 heavy (non-hydrogen) atoms. The highest BCUT2D eigenvalue weighted by Crippen LogP contribution is 2.24. The van der Waals surface area contributed by atoms with Crippen LogP contribution >= 0.6 is 0 Å². The predicted molar refractivity (Wildman–Crippen MR) is 54.7 cm³/mol. The Labute approximate surface area is 89.4 Å². The Kier molecular flexibility index (Phi) is 5.43. The fraction of sp³-hybridized carbons (Fsp3) is 1.00. The molecule has 0 saturated heterocycles. The van der Waals surface area contributed by atoms with Crippen LogP contribution < -0.4 is 5.32 Å². The van der Waals surface area contributed by atoms with Gasteiger partial charge in [-0.3, -0.25) is 0 Å². The maximum atomic E-state index is 11.8. The molecule has 0 aliphatic heterocycles. The van der Waals surface area contributed by atoms with E-state index in [1.807, 2.05) is 0 Å². The molecule has 0 aromatic rings. The van der Waals surface area contributed by atoms with Crippen molar-refractivity contribution < 1.29 is 13.2 Å². The summed E-state index contributed by atoms with van der Waals surface area (Å²) in [6, 6.07) is 0. The first-order valence-electron chi connectivity index (χ1n) is 5.85. The number of halogens is 3. The lowest BCUT2D eigenvalue weighted by Gasteiger charge is -2.10. The van der Waals surface area contributed by atoms with Gasteiger partial charge >= 0.3 is 6.18 Å². The standard InChI is InChI=1S/C11H20F3N/c12-11(13,14)7-3-4-8-15-9-10-5-1-2-6-10/h10,15H,1-9H2. The summed E-state index contributed by atoms with van der Waals surface area (Å²) in [6.45, 7) is 1.72. The molecule has 1 aliphatic carbocycles.